The first-order valence-corrected chi connectivity index (χ1v) is 9.88. The molecule has 0 N–H and O–H groups in total. The van der Waals surface area contributed by atoms with Crippen LogP contribution in [0.1, 0.15) is 5.69 Å². The van der Waals surface area contributed by atoms with Crippen LogP contribution >= 0.6 is 0 Å². The summed E-state index contributed by atoms with van der Waals surface area (Å²) in [5.74, 6) is 0.777. The fourth-order valence-electron chi connectivity index (χ4n) is 3.59. The lowest BCUT2D eigenvalue weighted by Crippen LogP contribution is -2.05. The second kappa shape index (κ2) is 7.95. The number of hydrogen-bond donors (Lipinski definition) is 0. The van der Waals surface area contributed by atoms with Gasteiger partial charge in [-0.25, -0.2) is 9.67 Å². The molecule has 0 bridgehead atoms. The zero-order chi connectivity index (χ0) is 22.1. The summed E-state index contributed by atoms with van der Waals surface area (Å²) in [5.41, 5.74) is 4.95. The van der Waals surface area contributed by atoms with Crippen LogP contribution < -0.4 is 4.74 Å². The van der Waals surface area contributed by atoms with E-state index in [4.69, 9.17) is 9.72 Å². The molecular weight excluding hydrogens is 408 g/mol. The predicted molar refractivity (Wildman–Crippen MR) is 118 cm³/mol. The first-order valence-electron chi connectivity index (χ1n) is 9.88. The van der Waals surface area contributed by atoms with Crippen molar-refractivity contribution in [3.63, 3.8) is 0 Å². The minimum Gasteiger partial charge on any atom is -0.497 e. The van der Waals surface area contributed by atoms with E-state index in [1.54, 1.807) is 23.9 Å². The summed E-state index contributed by atoms with van der Waals surface area (Å²) in [6.07, 6.45) is 3.82. The van der Waals surface area contributed by atoms with E-state index in [1.807, 2.05) is 59.3 Å². The number of nitro groups is 1. The maximum atomic E-state index is 11.0. The first-order chi connectivity index (χ1) is 15.6. The minimum atomic E-state index is -0.412. The highest BCUT2D eigenvalue weighted by Gasteiger charge is 2.16. The summed E-state index contributed by atoms with van der Waals surface area (Å²) in [5, 5.41) is 19.6. The molecule has 0 saturated heterocycles. The highest BCUT2D eigenvalue weighted by molar-refractivity contribution is 5.68. The molecule has 0 unspecified atom stereocenters. The second-order valence-corrected chi connectivity index (χ2v) is 7.17. The molecule has 2 aromatic carbocycles. The van der Waals surface area contributed by atoms with Crippen molar-refractivity contribution < 1.29 is 9.66 Å². The Morgan fingerprint density at radius 2 is 1.75 bits per heavy atom. The van der Waals surface area contributed by atoms with Crippen LogP contribution in [0.5, 0.6) is 5.75 Å². The maximum absolute atomic E-state index is 11.0. The molecule has 0 saturated carbocycles. The fraction of sp³-hybridized carbons (Fsp3) is 0.0870. The average Bonchev–Trinajstić information content (AvgIpc) is 3.45. The Bertz CT molecular complexity index is 1400. The van der Waals surface area contributed by atoms with Crippen molar-refractivity contribution in [2.75, 3.05) is 7.11 Å². The summed E-state index contributed by atoms with van der Waals surface area (Å²) in [6, 6.07) is 19.8. The number of nitro benzene ring substituents is 1. The lowest BCUT2D eigenvalue weighted by atomic mass is 10.1. The predicted octanol–water partition coefficient (Wildman–Crippen LogP) is 4.22. The highest BCUT2D eigenvalue weighted by atomic mass is 16.6. The van der Waals surface area contributed by atoms with Crippen molar-refractivity contribution in [2.45, 2.75) is 6.54 Å². The molecule has 0 atom stereocenters. The van der Waals surface area contributed by atoms with Gasteiger partial charge in [-0.15, -0.1) is 5.10 Å². The van der Waals surface area contributed by atoms with Gasteiger partial charge in [0.15, 0.2) is 0 Å². The smallest absolute Gasteiger partial charge is 0.269 e. The third kappa shape index (κ3) is 3.56. The number of ether oxygens (including phenoxy) is 1. The Labute approximate surface area is 182 Å². The summed E-state index contributed by atoms with van der Waals surface area (Å²) in [4.78, 5) is 15.4. The van der Waals surface area contributed by atoms with Gasteiger partial charge in [0, 0.05) is 29.5 Å². The number of aromatic nitrogens is 5. The molecular formula is C23H18N6O3. The van der Waals surface area contributed by atoms with Gasteiger partial charge in [-0.2, -0.15) is 0 Å². The molecule has 158 valence electrons. The number of rotatable bonds is 6. The fourth-order valence-corrected chi connectivity index (χ4v) is 3.59. The van der Waals surface area contributed by atoms with Crippen LogP contribution in [0, 0.1) is 10.1 Å². The Morgan fingerprint density at radius 3 is 2.47 bits per heavy atom. The number of methoxy groups -OCH3 is 1. The number of fused-ring (bicyclic) bond motifs is 1. The minimum absolute atomic E-state index is 0.0412. The van der Waals surface area contributed by atoms with Crippen LogP contribution in [-0.2, 0) is 6.54 Å². The van der Waals surface area contributed by atoms with Crippen LogP contribution in [0.2, 0.25) is 0 Å². The molecule has 0 spiro atoms. The molecule has 5 aromatic rings. The van der Waals surface area contributed by atoms with Crippen LogP contribution in [-0.4, -0.2) is 36.4 Å². The SMILES string of the molecule is COc1ccc(-c2cn(Cc3c(-c4ccc([N+](=O)[O-])cc4)nc4ccccn34)nn2)cc1. The molecule has 5 rings (SSSR count). The van der Waals surface area contributed by atoms with Crippen molar-refractivity contribution in [1.82, 2.24) is 24.4 Å². The molecule has 0 aliphatic heterocycles. The Hall–Kier alpha value is -4.53. The van der Waals surface area contributed by atoms with Gasteiger partial charge in [-0.3, -0.25) is 10.1 Å². The number of non-ortho nitro benzene ring substituents is 1. The topological polar surface area (TPSA) is 100 Å². The summed E-state index contributed by atoms with van der Waals surface area (Å²) in [7, 11) is 1.63. The first kappa shape index (κ1) is 19.4. The van der Waals surface area contributed by atoms with Crippen LogP contribution in [0.3, 0.4) is 0 Å². The normalized spacial score (nSPS) is 11.0. The van der Waals surface area contributed by atoms with E-state index < -0.39 is 4.92 Å². The van der Waals surface area contributed by atoms with Gasteiger partial charge >= 0.3 is 0 Å². The Morgan fingerprint density at radius 1 is 1.00 bits per heavy atom. The van der Waals surface area contributed by atoms with E-state index in [1.165, 1.54) is 12.1 Å². The third-order valence-electron chi connectivity index (χ3n) is 5.22. The zero-order valence-electron chi connectivity index (χ0n) is 17.1. The highest BCUT2D eigenvalue weighted by Crippen LogP contribution is 2.27. The molecule has 32 heavy (non-hydrogen) atoms. The molecule has 9 nitrogen and oxygen atoms in total. The summed E-state index contributed by atoms with van der Waals surface area (Å²) < 4.78 is 8.96. The monoisotopic (exact) mass is 426 g/mol. The lowest BCUT2D eigenvalue weighted by molar-refractivity contribution is -0.384. The van der Waals surface area contributed by atoms with Crippen LogP contribution in [0.15, 0.2) is 79.1 Å². The summed E-state index contributed by atoms with van der Waals surface area (Å²) in [6.45, 7) is 0.431. The maximum Gasteiger partial charge on any atom is 0.269 e. The van der Waals surface area contributed by atoms with E-state index in [0.717, 1.165) is 39.6 Å². The largest absolute Gasteiger partial charge is 0.497 e. The zero-order valence-corrected chi connectivity index (χ0v) is 17.1. The van der Waals surface area contributed by atoms with Gasteiger partial charge in [-0.05, 0) is 48.5 Å². The molecule has 0 aliphatic carbocycles. The van der Waals surface area contributed by atoms with Crippen molar-refractivity contribution in [2.24, 2.45) is 0 Å². The van der Waals surface area contributed by atoms with Crippen LogP contribution in [0.4, 0.5) is 5.69 Å². The number of imidazole rings is 1. The van der Waals surface area contributed by atoms with E-state index in [2.05, 4.69) is 10.3 Å². The average molecular weight is 426 g/mol. The second-order valence-electron chi connectivity index (χ2n) is 7.17. The van der Waals surface area contributed by atoms with E-state index in [9.17, 15) is 10.1 Å². The van der Waals surface area contributed by atoms with E-state index in [0.29, 0.717) is 6.54 Å². The molecule has 3 heterocycles. The van der Waals surface area contributed by atoms with Gasteiger partial charge in [0.05, 0.1) is 36.2 Å². The molecule has 0 amide bonds. The molecule has 0 fully saturated rings. The Kier molecular flexibility index (Phi) is 4.83. The molecule has 9 heteroatoms. The van der Waals surface area contributed by atoms with E-state index in [-0.39, 0.29) is 5.69 Å². The number of pyridine rings is 1. The van der Waals surface area contributed by atoms with Gasteiger partial charge in [0.2, 0.25) is 0 Å². The van der Waals surface area contributed by atoms with Crippen molar-refractivity contribution in [3.05, 3.63) is 94.9 Å². The van der Waals surface area contributed by atoms with Crippen LogP contribution in [0.25, 0.3) is 28.2 Å². The lowest BCUT2D eigenvalue weighted by Gasteiger charge is -2.05. The molecule has 0 radical (unpaired) electrons. The number of benzene rings is 2. The van der Waals surface area contributed by atoms with Gasteiger partial charge in [-0.1, -0.05) is 11.3 Å². The number of hydrogen-bond acceptors (Lipinski definition) is 6. The number of nitrogens with zero attached hydrogens (tertiary/aromatic N) is 6. The molecule has 3 aromatic heterocycles. The van der Waals surface area contributed by atoms with Gasteiger partial charge in [0.25, 0.3) is 5.69 Å². The molecule has 0 aliphatic rings. The van der Waals surface area contributed by atoms with E-state index >= 15 is 0 Å². The van der Waals surface area contributed by atoms with Crippen molar-refractivity contribution >= 4 is 11.3 Å². The van der Waals surface area contributed by atoms with Crippen molar-refractivity contribution in [1.29, 1.82) is 0 Å². The Balaban J connectivity index is 1.52. The van der Waals surface area contributed by atoms with Gasteiger partial charge < -0.3 is 9.14 Å². The summed E-state index contributed by atoms with van der Waals surface area (Å²) >= 11 is 0. The van der Waals surface area contributed by atoms with Crippen molar-refractivity contribution in [3.8, 4) is 28.3 Å². The standard InChI is InChI=1S/C23H18N6O3/c1-32-19-11-7-16(8-12-19)20-14-27(26-25-20)15-21-23(24-22-4-2-3-13-28(21)22)17-5-9-18(10-6-17)29(30)31/h2-14H,15H2,1H3. The third-order valence-corrected chi connectivity index (χ3v) is 5.22. The quantitative estimate of drug-likeness (QED) is 0.298. The van der Waals surface area contributed by atoms with Gasteiger partial charge in [0.1, 0.15) is 17.1 Å².